The molecule has 80 valence electrons. The SMILES string of the molecule is N=C1C(=N)[C@@H](N)C(N)=C1Cc1cc#ccc1. The van der Waals surface area contributed by atoms with Crippen LogP contribution >= 0.6 is 0 Å². The molecule has 4 nitrogen and oxygen atoms in total. The van der Waals surface area contributed by atoms with E-state index < -0.39 is 6.04 Å². The van der Waals surface area contributed by atoms with Gasteiger partial charge in [-0.1, -0.05) is 12.1 Å². The van der Waals surface area contributed by atoms with Gasteiger partial charge in [0.15, 0.2) is 0 Å². The molecule has 0 heterocycles. The molecule has 0 amide bonds. The lowest BCUT2D eigenvalue weighted by molar-refractivity contribution is 0.971. The van der Waals surface area contributed by atoms with Gasteiger partial charge in [-0.15, -0.1) is 0 Å². The van der Waals surface area contributed by atoms with Crippen molar-refractivity contribution in [3.05, 3.63) is 47.2 Å². The van der Waals surface area contributed by atoms with Gasteiger partial charge in [-0.05, 0) is 23.8 Å². The maximum Gasteiger partial charge on any atom is 0.0890 e. The fourth-order valence-electron chi connectivity index (χ4n) is 1.69. The van der Waals surface area contributed by atoms with Gasteiger partial charge in [0.25, 0.3) is 0 Å². The molecule has 4 heteroatoms. The summed E-state index contributed by atoms with van der Waals surface area (Å²) in [4.78, 5) is 0. The van der Waals surface area contributed by atoms with E-state index in [1.54, 1.807) is 12.1 Å². The van der Waals surface area contributed by atoms with Crippen LogP contribution in [0.1, 0.15) is 5.56 Å². The van der Waals surface area contributed by atoms with Gasteiger partial charge in [-0.25, -0.2) is 0 Å². The normalized spacial score (nSPS) is 20.2. The Morgan fingerprint density at radius 1 is 1.31 bits per heavy atom. The molecule has 0 aromatic heterocycles. The van der Waals surface area contributed by atoms with Crippen molar-refractivity contribution < 1.29 is 0 Å². The van der Waals surface area contributed by atoms with Crippen molar-refractivity contribution in [2.75, 3.05) is 0 Å². The van der Waals surface area contributed by atoms with Crippen LogP contribution in [0.5, 0.6) is 0 Å². The Kier molecular flexibility index (Phi) is 2.47. The Hall–Kier alpha value is -2.12. The van der Waals surface area contributed by atoms with E-state index >= 15 is 0 Å². The first kappa shape index (κ1) is 10.4. The number of rotatable bonds is 2. The molecule has 0 aliphatic heterocycles. The summed E-state index contributed by atoms with van der Waals surface area (Å²) in [5.74, 6) is 0. The van der Waals surface area contributed by atoms with Crippen LogP contribution in [0.2, 0.25) is 0 Å². The van der Waals surface area contributed by atoms with E-state index in [4.69, 9.17) is 22.3 Å². The van der Waals surface area contributed by atoms with Gasteiger partial charge >= 0.3 is 0 Å². The molecule has 0 bridgehead atoms. The van der Waals surface area contributed by atoms with Crippen molar-refractivity contribution in [2.45, 2.75) is 12.5 Å². The average molecular weight is 212 g/mol. The third kappa shape index (κ3) is 1.58. The van der Waals surface area contributed by atoms with E-state index in [0.29, 0.717) is 17.7 Å². The third-order valence-electron chi connectivity index (χ3n) is 2.67. The van der Waals surface area contributed by atoms with Gasteiger partial charge in [0.2, 0.25) is 0 Å². The van der Waals surface area contributed by atoms with Crippen molar-refractivity contribution in [1.29, 1.82) is 10.8 Å². The summed E-state index contributed by atoms with van der Waals surface area (Å²) in [5, 5.41) is 15.4. The van der Waals surface area contributed by atoms with Gasteiger partial charge in [-0.3, -0.25) is 5.41 Å². The minimum atomic E-state index is -0.623. The van der Waals surface area contributed by atoms with E-state index in [1.807, 2.05) is 6.07 Å². The van der Waals surface area contributed by atoms with Gasteiger partial charge in [0, 0.05) is 17.7 Å². The molecule has 16 heavy (non-hydrogen) atoms. The molecule has 0 saturated heterocycles. The van der Waals surface area contributed by atoms with Crippen LogP contribution in [-0.2, 0) is 6.42 Å². The van der Waals surface area contributed by atoms with Crippen LogP contribution in [0.25, 0.3) is 0 Å². The molecular weight excluding hydrogens is 200 g/mol. The fraction of sp³-hybridized carbons (Fsp3) is 0.167. The molecule has 1 aliphatic rings. The molecule has 2 rings (SSSR count). The number of nitrogens with one attached hydrogen (secondary N) is 2. The van der Waals surface area contributed by atoms with E-state index in [9.17, 15) is 0 Å². The highest BCUT2D eigenvalue weighted by Gasteiger charge is 2.30. The number of hydrogen-bond acceptors (Lipinski definition) is 4. The Balaban J connectivity index is 2.29. The van der Waals surface area contributed by atoms with Crippen molar-refractivity contribution in [2.24, 2.45) is 11.5 Å². The van der Waals surface area contributed by atoms with Gasteiger partial charge in [0.05, 0.1) is 17.5 Å². The van der Waals surface area contributed by atoms with E-state index in [2.05, 4.69) is 12.1 Å². The van der Waals surface area contributed by atoms with Crippen LogP contribution < -0.4 is 11.5 Å². The van der Waals surface area contributed by atoms with Crippen LogP contribution in [0.4, 0.5) is 0 Å². The van der Waals surface area contributed by atoms with Gasteiger partial charge in [-0.2, -0.15) is 0 Å². The predicted molar refractivity (Wildman–Crippen MR) is 62.5 cm³/mol. The summed E-state index contributed by atoms with van der Waals surface area (Å²) in [5.41, 5.74) is 13.8. The Labute approximate surface area is 94.0 Å². The van der Waals surface area contributed by atoms with E-state index in [0.717, 1.165) is 5.56 Å². The second-order valence-electron chi connectivity index (χ2n) is 3.72. The van der Waals surface area contributed by atoms with E-state index in [1.165, 1.54) is 0 Å². The van der Waals surface area contributed by atoms with Crippen LogP contribution in [0.15, 0.2) is 29.5 Å². The van der Waals surface area contributed by atoms with Crippen molar-refractivity contribution >= 4 is 11.4 Å². The third-order valence-corrected chi connectivity index (χ3v) is 2.67. The van der Waals surface area contributed by atoms with Crippen molar-refractivity contribution in [3.8, 4) is 0 Å². The number of nitrogens with two attached hydrogens (primary N) is 2. The lowest BCUT2D eigenvalue weighted by Crippen LogP contribution is -2.32. The smallest absolute Gasteiger partial charge is 0.0890 e. The number of hydrogen-bond donors (Lipinski definition) is 4. The quantitative estimate of drug-likeness (QED) is 0.571. The first-order chi connectivity index (χ1) is 7.61. The second kappa shape index (κ2) is 3.80. The lowest BCUT2D eigenvalue weighted by Gasteiger charge is -2.03. The molecule has 1 aliphatic carbocycles. The summed E-state index contributed by atoms with van der Waals surface area (Å²) in [7, 11) is 0. The molecule has 0 spiro atoms. The maximum atomic E-state index is 7.76. The zero-order valence-corrected chi connectivity index (χ0v) is 8.67. The number of allylic oxidation sites excluding steroid dienone is 1. The zero-order valence-electron chi connectivity index (χ0n) is 8.67. The summed E-state index contributed by atoms with van der Waals surface area (Å²) < 4.78 is 0. The first-order valence-electron chi connectivity index (χ1n) is 4.89. The van der Waals surface area contributed by atoms with Crippen molar-refractivity contribution in [1.82, 2.24) is 0 Å². The molecule has 0 unspecified atom stereocenters. The largest absolute Gasteiger partial charge is 0.400 e. The summed E-state index contributed by atoms with van der Waals surface area (Å²) in [6, 6.07) is 10.5. The fourth-order valence-corrected chi connectivity index (χ4v) is 1.69. The molecular formula is C12H12N4. The standard InChI is InChI=1S/C12H12N4/c13-9-8(10(14)12(16)11(9)15)6-7-4-2-1-3-5-7/h2,4-5,11,14,16H,6,13,15H2/t11-/m0/s1. The molecule has 1 atom stereocenters. The average Bonchev–Trinajstić information content (AvgIpc) is 2.48. The molecule has 1 aromatic rings. The summed E-state index contributed by atoms with van der Waals surface area (Å²) in [6.45, 7) is 0. The Morgan fingerprint density at radius 2 is 2.06 bits per heavy atom. The predicted octanol–water partition coefficient (Wildman–Crippen LogP) is 0.423. The highest BCUT2D eigenvalue weighted by Crippen LogP contribution is 2.19. The molecule has 1 aromatic carbocycles. The highest BCUT2D eigenvalue weighted by molar-refractivity contribution is 6.51. The highest BCUT2D eigenvalue weighted by atomic mass is 14.8. The van der Waals surface area contributed by atoms with Crippen molar-refractivity contribution in [3.63, 3.8) is 0 Å². The molecule has 0 fully saturated rings. The van der Waals surface area contributed by atoms with E-state index in [-0.39, 0.29) is 11.4 Å². The minimum absolute atomic E-state index is 0.0963. The minimum Gasteiger partial charge on any atom is -0.400 e. The maximum absolute atomic E-state index is 7.76. The monoisotopic (exact) mass is 212 g/mol. The summed E-state index contributed by atoms with van der Waals surface area (Å²) in [6.07, 6.45) is 0.520. The van der Waals surface area contributed by atoms with Crippen LogP contribution in [0, 0.1) is 23.0 Å². The Morgan fingerprint density at radius 3 is 2.56 bits per heavy atom. The molecule has 0 radical (unpaired) electrons. The van der Waals surface area contributed by atoms with Gasteiger partial charge in [0.1, 0.15) is 0 Å². The van der Waals surface area contributed by atoms with Gasteiger partial charge < -0.3 is 16.9 Å². The second-order valence-corrected chi connectivity index (χ2v) is 3.72. The first-order valence-corrected chi connectivity index (χ1v) is 4.89. The Bertz CT molecular complexity index is 473. The zero-order chi connectivity index (χ0) is 11.7. The summed E-state index contributed by atoms with van der Waals surface area (Å²) >= 11 is 0. The topological polar surface area (TPSA) is 99.7 Å². The van der Waals surface area contributed by atoms with Crippen LogP contribution in [-0.4, -0.2) is 17.5 Å². The van der Waals surface area contributed by atoms with Crippen LogP contribution in [0.3, 0.4) is 0 Å². The lowest BCUT2D eigenvalue weighted by atomic mass is 10.0. The molecule has 6 N–H and O–H groups in total. The molecule has 0 saturated carbocycles.